The number of nitrogens with zero attached hydrogens (tertiary/aromatic N) is 1. The molecule has 0 heterocycles. The van der Waals surface area contributed by atoms with Crippen LogP contribution in [0.2, 0.25) is 0 Å². The Bertz CT molecular complexity index is 1420. The van der Waals surface area contributed by atoms with Crippen LogP contribution >= 0.6 is 0 Å². The molecule has 0 saturated carbocycles. The van der Waals surface area contributed by atoms with Gasteiger partial charge in [0.25, 0.3) is 0 Å². The van der Waals surface area contributed by atoms with Crippen LogP contribution in [0.3, 0.4) is 0 Å². The summed E-state index contributed by atoms with van der Waals surface area (Å²) >= 11 is 0. The van der Waals surface area contributed by atoms with Gasteiger partial charge in [-0.3, -0.25) is 9.10 Å². The van der Waals surface area contributed by atoms with Crippen molar-refractivity contribution >= 4 is 21.6 Å². The molecule has 0 aliphatic rings. The maximum absolute atomic E-state index is 13.2. The third-order valence-electron chi connectivity index (χ3n) is 5.87. The minimum absolute atomic E-state index is 0.349. The zero-order valence-electron chi connectivity index (χ0n) is 20.9. The third-order valence-corrected chi connectivity index (χ3v) is 7.01. The number of benzene rings is 4. The van der Waals surface area contributed by atoms with E-state index in [0.717, 1.165) is 32.8 Å². The number of anilines is 1. The molecule has 6 nitrogen and oxygen atoms in total. The van der Waals surface area contributed by atoms with E-state index < -0.39 is 22.0 Å². The first kappa shape index (κ1) is 26.0. The summed E-state index contributed by atoms with van der Waals surface area (Å²) in [6.07, 6.45) is 1.09. The Hall–Kier alpha value is -4.10. The van der Waals surface area contributed by atoms with E-state index in [9.17, 15) is 13.2 Å². The number of rotatable bonds is 10. The van der Waals surface area contributed by atoms with Crippen LogP contribution < -0.4 is 14.4 Å². The highest BCUT2D eigenvalue weighted by Gasteiger charge is 2.24. The molecule has 0 aromatic heterocycles. The fourth-order valence-electron chi connectivity index (χ4n) is 4.04. The second-order valence-electron chi connectivity index (χ2n) is 8.86. The van der Waals surface area contributed by atoms with Gasteiger partial charge in [-0.1, -0.05) is 90.5 Å². The Morgan fingerprint density at radius 2 is 1.46 bits per heavy atom. The summed E-state index contributed by atoms with van der Waals surface area (Å²) in [4.78, 5) is 13.2. The van der Waals surface area contributed by atoms with Crippen molar-refractivity contribution in [3.8, 4) is 5.75 Å². The van der Waals surface area contributed by atoms with Crippen LogP contribution in [0, 0.1) is 6.92 Å². The van der Waals surface area contributed by atoms with Crippen LogP contribution in [0.1, 0.15) is 28.3 Å². The lowest BCUT2D eigenvalue weighted by molar-refractivity contribution is -0.120. The number of carbonyl (C=O) groups excluding carboxylic acids is 1. The van der Waals surface area contributed by atoms with E-state index in [-0.39, 0.29) is 6.54 Å². The first-order valence-corrected chi connectivity index (χ1v) is 13.8. The first-order valence-electron chi connectivity index (χ1n) is 11.9. The lowest BCUT2D eigenvalue weighted by Crippen LogP contribution is -2.41. The van der Waals surface area contributed by atoms with Gasteiger partial charge in [-0.2, -0.15) is 0 Å². The Kier molecular flexibility index (Phi) is 8.25. The van der Waals surface area contributed by atoms with Crippen LogP contribution in [0.4, 0.5) is 5.69 Å². The van der Waals surface area contributed by atoms with Crippen LogP contribution in [-0.2, 0) is 21.4 Å². The maximum Gasteiger partial charge on any atom is 0.241 e. The Morgan fingerprint density at radius 3 is 2.08 bits per heavy atom. The van der Waals surface area contributed by atoms with Gasteiger partial charge < -0.3 is 10.1 Å². The van der Waals surface area contributed by atoms with Crippen LogP contribution in [0.15, 0.2) is 109 Å². The molecule has 1 amide bonds. The van der Waals surface area contributed by atoms with Gasteiger partial charge in [0.15, 0.2) is 0 Å². The first-order chi connectivity index (χ1) is 17.8. The van der Waals surface area contributed by atoms with Crippen molar-refractivity contribution in [3.63, 3.8) is 0 Å². The van der Waals surface area contributed by atoms with Crippen molar-refractivity contribution in [2.45, 2.75) is 19.6 Å². The number of carbonyl (C=O) groups is 1. The largest absolute Gasteiger partial charge is 0.489 e. The molecule has 0 spiro atoms. The number of ether oxygens (including phenoxy) is 1. The normalized spacial score (nSPS) is 11.9. The molecule has 0 saturated heterocycles. The van der Waals surface area contributed by atoms with Gasteiger partial charge in [-0.25, -0.2) is 8.42 Å². The van der Waals surface area contributed by atoms with E-state index in [4.69, 9.17) is 4.74 Å². The predicted octanol–water partition coefficient (Wildman–Crippen LogP) is 5.25. The molecule has 1 unspecified atom stereocenters. The molecule has 4 aromatic carbocycles. The number of amides is 1. The molecule has 190 valence electrons. The second kappa shape index (κ2) is 11.8. The summed E-state index contributed by atoms with van der Waals surface area (Å²) in [5.74, 6) is 0.194. The molecule has 0 radical (unpaired) electrons. The van der Waals surface area contributed by atoms with Gasteiger partial charge in [0.2, 0.25) is 15.9 Å². The average Bonchev–Trinajstić information content (AvgIpc) is 2.90. The summed E-state index contributed by atoms with van der Waals surface area (Å²) in [7, 11) is -3.72. The number of hydrogen-bond acceptors (Lipinski definition) is 4. The average molecular weight is 515 g/mol. The summed E-state index contributed by atoms with van der Waals surface area (Å²) in [5, 5.41) is 3.03. The zero-order valence-corrected chi connectivity index (χ0v) is 21.7. The summed E-state index contributed by atoms with van der Waals surface area (Å²) in [6, 6.07) is 33.6. The maximum atomic E-state index is 13.2. The van der Waals surface area contributed by atoms with E-state index in [2.05, 4.69) is 5.32 Å². The highest BCUT2D eigenvalue weighted by molar-refractivity contribution is 7.92. The topological polar surface area (TPSA) is 75.7 Å². The highest BCUT2D eigenvalue weighted by Crippen LogP contribution is 2.25. The van der Waals surface area contributed by atoms with Crippen molar-refractivity contribution in [1.29, 1.82) is 0 Å². The van der Waals surface area contributed by atoms with E-state index in [1.54, 1.807) is 24.3 Å². The molecular weight excluding hydrogens is 484 g/mol. The van der Waals surface area contributed by atoms with Crippen LogP contribution in [0.25, 0.3) is 0 Å². The standard InChI is InChI=1S/C30H30N2O4S/c1-23-10-9-15-26(20-23)30(25-13-7-4-8-14-25)31-29(33)21-32(37(2,34)35)27-16-18-28(19-17-27)36-22-24-11-5-3-6-12-24/h3-20,30H,21-22H2,1-2H3,(H,31,33). The smallest absolute Gasteiger partial charge is 0.241 e. The Morgan fingerprint density at radius 1 is 0.838 bits per heavy atom. The van der Waals surface area contributed by atoms with Crippen molar-refractivity contribution in [3.05, 3.63) is 131 Å². The van der Waals surface area contributed by atoms with Gasteiger partial charge in [0.05, 0.1) is 18.0 Å². The number of nitrogens with one attached hydrogen (secondary N) is 1. The second-order valence-corrected chi connectivity index (χ2v) is 10.8. The lowest BCUT2D eigenvalue weighted by Gasteiger charge is -2.25. The van der Waals surface area contributed by atoms with E-state index in [0.29, 0.717) is 18.0 Å². The third kappa shape index (κ3) is 7.21. The zero-order chi connectivity index (χ0) is 26.3. The Balaban J connectivity index is 1.50. The molecule has 1 atom stereocenters. The fraction of sp³-hybridized carbons (Fsp3) is 0.167. The highest BCUT2D eigenvalue weighted by atomic mass is 32.2. The van der Waals surface area contributed by atoms with Gasteiger partial charge in [-0.05, 0) is 47.9 Å². The lowest BCUT2D eigenvalue weighted by atomic mass is 9.97. The summed E-state index contributed by atoms with van der Waals surface area (Å²) in [6.45, 7) is 2.04. The van der Waals surface area contributed by atoms with Crippen molar-refractivity contribution in [2.24, 2.45) is 0 Å². The monoisotopic (exact) mass is 514 g/mol. The van der Waals surface area contributed by atoms with Gasteiger partial charge in [-0.15, -0.1) is 0 Å². The quantitative estimate of drug-likeness (QED) is 0.314. The SMILES string of the molecule is Cc1cccc(C(NC(=O)CN(c2ccc(OCc3ccccc3)cc2)S(C)(=O)=O)c2ccccc2)c1. The number of sulfonamides is 1. The molecule has 0 aliphatic heterocycles. The molecule has 1 N–H and O–H groups in total. The number of hydrogen-bond donors (Lipinski definition) is 1. The Labute approximate surface area is 218 Å². The molecule has 4 aromatic rings. The van der Waals surface area contributed by atoms with Gasteiger partial charge in [0, 0.05) is 0 Å². The minimum Gasteiger partial charge on any atom is -0.489 e. The molecular formula is C30H30N2O4S. The molecule has 0 bridgehead atoms. The van der Waals surface area contributed by atoms with Crippen molar-refractivity contribution in [2.75, 3.05) is 17.1 Å². The van der Waals surface area contributed by atoms with Crippen molar-refractivity contribution in [1.82, 2.24) is 5.32 Å². The minimum atomic E-state index is -3.72. The van der Waals surface area contributed by atoms with Crippen LogP contribution in [0.5, 0.6) is 5.75 Å². The fourth-order valence-corrected chi connectivity index (χ4v) is 4.90. The molecule has 0 fully saturated rings. The van der Waals surface area contributed by atoms with Gasteiger partial charge in [0.1, 0.15) is 18.9 Å². The van der Waals surface area contributed by atoms with E-state index >= 15 is 0 Å². The predicted molar refractivity (Wildman–Crippen MR) is 147 cm³/mol. The summed E-state index contributed by atoms with van der Waals surface area (Å²) in [5.41, 5.74) is 4.32. The van der Waals surface area contributed by atoms with Crippen LogP contribution in [-0.4, -0.2) is 27.1 Å². The molecule has 7 heteroatoms. The number of aryl methyl sites for hydroxylation is 1. The van der Waals surface area contributed by atoms with E-state index in [1.165, 1.54) is 0 Å². The van der Waals surface area contributed by atoms with Gasteiger partial charge >= 0.3 is 0 Å². The molecule has 0 aliphatic carbocycles. The summed E-state index contributed by atoms with van der Waals surface area (Å²) < 4.78 is 32.2. The molecule has 37 heavy (non-hydrogen) atoms. The molecule has 4 rings (SSSR count). The van der Waals surface area contributed by atoms with E-state index in [1.807, 2.05) is 91.9 Å². The van der Waals surface area contributed by atoms with Crippen molar-refractivity contribution < 1.29 is 17.9 Å².